The summed E-state index contributed by atoms with van der Waals surface area (Å²) in [5.41, 5.74) is 8.61. The average Bonchev–Trinajstić information content (AvgIpc) is 3.10. The van der Waals surface area contributed by atoms with Crippen LogP contribution < -0.4 is 11.1 Å². The standard InChI is InChI=1S/C23H23N3O4S/c1-12-11-16(14-7-3-5-9-17(14)25-12)23(29)30-13(2)21(28)26-22-19(20(24)27)15-8-4-6-10-18(15)31-22/h3,5,7,9,11,13H,4,6,8,10H2,1-2H3,(H2,24,27)(H,26,28). The third kappa shape index (κ3) is 4.16. The third-order valence-corrected chi connectivity index (χ3v) is 6.58. The van der Waals surface area contributed by atoms with Gasteiger partial charge in [0.15, 0.2) is 6.10 Å². The van der Waals surface area contributed by atoms with E-state index in [4.69, 9.17) is 10.5 Å². The summed E-state index contributed by atoms with van der Waals surface area (Å²) in [6.45, 7) is 3.30. The summed E-state index contributed by atoms with van der Waals surface area (Å²) in [4.78, 5) is 43.1. The van der Waals surface area contributed by atoms with Crippen LogP contribution >= 0.6 is 11.3 Å². The number of benzene rings is 1. The number of hydrogen-bond donors (Lipinski definition) is 2. The van der Waals surface area contributed by atoms with Crippen molar-refractivity contribution >= 4 is 45.0 Å². The van der Waals surface area contributed by atoms with Crippen molar-refractivity contribution in [1.29, 1.82) is 0 Å². The molecule has 0 radical (unpaired) electrons. The van der Waals surface area contributed by atoms with E-state index in [9.17, 15) is 14.4 Å². The van der Waals surface area contributed by atoms with Crippen molar-refractivity contribution in [1.82, 2.24) is 4.98 Å². The van der Waals surface area contributed by atoms with E-state index >= 15 is 0 Å². The van der Waals surface area contributed by atoms with E-state index in [-0.39, 0.29) is 0 Å². The lowest BCUT2D eigenvalue weighted by atomic mass is 9.95. The minimum Gasteiger partial charge on any atom is -0.449 e. The van der Waals surface area contributed by atoms with Crippen LogP contribution in [-0.4, -0.2) is 28.9 Å². The quantitative estimate of drug-likeness (QED) is 0.590. The Morgan fingerprint density at radius 2 is 1.94 bits per heavy atom. The number of primary amides is 1. The van der Waals surface area contributed by atoms with Gasteiger partial charge in [-0.25, -0.2) is 4.79 Å². The Morgan fingerprint density at radius 3 is 2.71 bits per heavy atom. The predicted molar refractivity (Wildman–Crippen MR) is 119 cm³/mol. The number of ether oxygens (including phenoxy) is 1. The number of para-hydroxylation sites is 1. The SMILES string of the molecule is Cc1cc(C(=O)OC(C)C(=O)Nc2sc3c(c2C(N)=O)CCCC3)c2ccccc2n1. The first-order valence-electron chi connectivity index (χ1n) is 10.2. The first-order chi connectivity index (χ1) is 14.8. The molecule has 0 aliphatic heterocycles. The molecule has 2 amide bonds. The molecule has 1 aliphatic carbocycles. The van der Waals surface area contributed by atoms with E-state index < -0.39 is 23.9 Å². The molecule has 3 aromatic rings. The van der Waals surface area contributed by atoms with Crippen molar-refractivity contribution in [3.63, 3.8) is 0 Å². The molecule has 160 valence electrons. The van der Waals surface area contributed by atoms with E-state index in [1.807, 2.05) is 18.2 Å². The number of hydrogen-bond acceptors (Lipinski definition) is 6. The van der Waals surface area contributed by atoms with Gasteiger partial charge in [-0.3, -0.25) is 14.6 Å². The number of aryl methyl sites for hydroxylation is 2. The molecular formula is C23H23N3O4S. The second-order valence-electron chi connectivity index (χ2n) is 7.64. The monoisotopic (exact) mass is 437 g/mol. The van der Waals surface area contributed by atoms with Crippen molar-refractivity contribution in [2.75, 3.05) is 5.32 Å². The summed E-state index contributed by atoms with van der Waals surface area (Å²) >= 11 is 1.37. The fourth-order valence-electron chi connectivity index (χ4n) is 3.88. The van der Waals surface area contributed by atoms with Gasteiger partial charge in [-0.2, -0.15) is 0 Å². The van der Waals surface area contributed by atoms with Crippen LogP contribution in [0, 0.1) is 6.92 Å². The van der Waals surface area contributed by atoms with Crippen LogP contribution in [0.15, 0.2) is 30.3 Å². The van der Waals surface area contributed by atoms with Crippen LogP contribution in [0.4, 0.5) is 5.00 Å². The highest BCUT2D eigenvalue weighted by molar-refractivity contribution is 7.17. The van der Waals surface area contributed by atoms with Crippen molar-refractivity contribution in [3.8, 4) is 0 Å². The van der Waals surface area contributed by atoms with Crippen molar-refractivity contribution in [2.24, 2.45) is 5.73 Å². The van der Waals surface area contributed by atoms with E-state index in [0.717, 1.165) is 36.1 Å². The molecule has 7 nitrogen and oxygen atoms in total. The summed E-state index contributed by atoms with van der Waals surface area (Å²) in [5, 5.41) is 3.83. The molecule has 1 atom stereocenters. The minimum absolute atomic E-state index is 0.354. The van der Waals surface area contributed by atoms with Crippen LogP contribution in [0.25, 0.3) is 10.9 Å². The highest BCUT2D eigenvalue weighted by Crippen LogP contribution is 2.38. The summed E-state index contributed by atoms with van der Waals surface area (Å²) < 4.78 is 5.45. The zero-order valence-electron chi connectivity index (χ0n) is 17.4. The first kappa shape index (κ1) is 21.0. The number of carbonyl (C=O) groups is 3. The Balaban J connectivity index is 1.53. The van der Waals surface area contributed by atoms with E-state index in [1.165, 1.54) is 18.3 Å². The van der Waals surface area contributed by atoms with E-state index in [2.05, 4.69) is 10.3 Å². The van der Waals surface area contributed by atoms with Gasteiger partial charge in [0.2, 0.25) is 0 Å². The average molecular weight is 438 g/mol. The lowest BCUT2D eigenvalue weighted by Crippen LogP contribution is -2.30. The van der Waals surface area contributed by atoms with E-state index in [1.54, 1.807) is 19.1 Å². The summed E-state index contributed by atoms with van der Waals surface area (Å²) in [7, 11) is 0. The molecule has 0 spiro atoms. The summed E-state index contributed by atoms with van der Waals surface area (Å²) in [6.07, 6.45) is 2.63. The van der Waals surface area contributed by atoms with Gasteiger partial charge in [0.05, 0.1) is 16.6 Å². The first-order valence-corrected chi connectivity index (χ1v) is 11.0. The molecule has 0 fully saturated rings. The van der Waals surface area contributed by atoms with Gasteiger partial charge >= 0.3 is 5.97 Å². The molecule has 1 aromatic carbocycles. The molecule has 0 saturated carbocycles. The van der Waals surface area contributed by atoms with Crippen LogP contribution in [-0.2, 0) is 22.4 Å². The number of carbonyl (C=O) groups excluding carboxylic acids is 3. The maximum absolute atomic E-state index is 12.8. The second kappa shape index (κ2) is 8.47. The molecule has 1 aliphatic rings. The molecule has 31 heavy (non-hydrogen) atoms. The smallest absolute Gasteiger partial charge is 0.339 e. The molecule has 3 N–H and O–H groups in total. The minimum atomic E-state index is -1.06. The van der Waals surface area contributed by atoms with Crippen LogP contribution in [0.1, 0.15) is 56.6 Å². The van der Waals surface area contributed by atoms with Crippen LogP contribution in [0.5, 0.6) is 0 Å². The molecule has 2 heterocycles. The Kier molecular flexibility index (Phi) is 5.73. The Bertz CT molecular complexity index is 1200. The number of fused-ring (bicyclic) bond motifs is 2. The Morgan fingerprint density at radius 1 is 1.19 bits per heavy atom. The predicted octanol–water partition coefficient (Wildman–Crippen LogP) is 3.77. The third-order valence-electron chi connectivity index (χ3n) is 5.37. The summed E-state index contributed by atoms with van der Waals surface area (Å²) in [5.74, 6) is -1.67. The molecule has 2 aromatic heterocycles. The van der Waals surface area contributed by atoms with Gasteiger partial charge < -0.3 is 15.8 Å². The number of esters is 1. The number of nitrogens with two attached hydrogens (primary N) is 1. The number of pyridine rings is 1. The fraction of sp³-hybridized carbons (Fsp3) is 0.304. The number of rotatable bonds is 5. The van der Waals surface area contributed by atoms with Crippen molar-refractivity contribution < 1.29 is 19.1 Å². The zero-order valence-corrected chi connectivity index (χ0v) is 18.2. The summed E-state index contributed by atoms with van der Waals surface area (Å²) in [6, 6.07) is 8.92. The highest BCUT2D eigenvalue weighted by Gasteiger charge is 2.27. The maximum atomic E-state index is 12.8. The number of amides is 2. The van der Waals surface area contributed by atoms with Gasteiger partial charge in [0, 0.05) is 16.0 Å². The van der Waals surface area contributed by atoms with Crippen LogP contribution in [0.3, 0.4) is 0 Å². The van der Waals surface area contributed by atoms with E-state index in [0.29, 0.717) is 32.7 Å². The van der Waals surface area contributed by atoms with Crippen molar-refractivity contribution in [3.05, 3.63) is 57.6 Å². The lowest BCUT2D eigenvalue weighted by molar-refractivity contribution is -0.123. The topological polar surface area (TPSA) is 111 Å². The number of aromatic nitrogens is 1. The Hall–Kier alpha value is -3.26. The van der Waals surface area contributed by atoms with Gasteiger partial charge in [0.1, 0.15) is 5.00 Å². The molecule has 8 heteroatoms. The maximum Gasteiger partial charge on any atom is 0.339 e. The molecule has 1 unspecified atom stereocenters. The zero-order chi connectivity index (χ0) is 22.1. The molecule has 0 bridgehead atoms. The Labute approximate surface area is 183 Å². The second-order valence-corrected chi connectivity index (χ2v) is 8.75. The largest absolute Gasteiger partial charge is 0.449 e. The normalized spacial score (nSPS) is 14.0. The number of nitrogens with one attached hydrogen (secondary N) is 1. The van der Waals surface area contributed by atoms with Gasteiger partial charge in [-0.05, 0) is 57.2 Å². The van der Waals surface area contributed by atoms with Gasteiger partial charge in [-0.1, -0.05) is 18.2 Å². The van der Waals surface area contributed by atoms with Gasteiger partial charge in [-0.15, -0.1) is 11.3 Å². The highest BCUT2D eigenvalue weighted by atomic mass is 32.1. The van der Waals surface area contributed by atoms with Crippen molar-refractivity contribution in [2.45, 2.75) is 45.6 Å². The van der Waals surface area contributed by atoms with Gasteiger partial charge in [0.25, 0.3) is 11.8 Å². The van der Waals surface area contributed by atoms with Crippen LogP contribution in [0.2, 0.25) is 0 Å². The lowest BCUT2D eigenvalue weighted by Gasteiger charge is -2.15. The number of anilines is 1. The number of thiophene rings is 1. The molecule has 0 saturated heterocycles. The number of nitrogens with zero attached hydrogens (tertiary/aromatic N) is 1. The molecule has 4 rings (SSSR count). The fourth-order valence-corrected chi connectivity index (χ4v) is 5.18. The molecular weight excluding hydrogens is 414 g/mol.